The molecule has 0 saturated heterocycles. The van der Waals surface area contributed by atoms with Gasteiger partial charge in [-0.2, -0.15) is 0 Å². The van der Waals surface area contributed by atoms with Crippen molar-refractivity contribution in [2.45, 2.75) is 174 Å². The van der Waals surface area contributed by atoms with Crippen LogP contribution in [-0.2, 0) is 28.2 Å². The van der Waals surface area contributed by atoms with Crippen LogP contribution in [0.4, 0.5) is 0 Å². The molecule has 0 aliphatic rings. The number of esters is 2. The number of allylic oxidation sites excluding steroid dienone is 14. The van der Waals surface area contributed by atoms with Crippen molar-refractivity contribution in [1.82, 2.24) is 0 Å². The van der Waals surface area contributed by atoms with Gasteiger partial charge in [0, 0.05) is 12.8 Å². The van der Waals surface area contributed by atoms with Crippen molar-refractivity contribution in [1.29, 1.82) is 0 Å². The largest absolute Gasteiger partial charge is 0.469 e. The van der Waals surface area contributed by atoms with Crippen LogP contribution in [-0.4, -0.2) is 41.0 Å². The molecule has 8 nitrogen and oxygen atoms in total. The zero-order valence-electron chi connectivity index (χ0n) is 33.8. The smallest absolute Gasteiger partial charge is 0.462 e. The van der Waals surface area contributed by atoms with Gasteiger partial charge in [0.2, 0.25) is 0 Å². The van der Waals surface area contributed by atoms with Gasteiger partial charge < -0.3 is 19.3 Å². The number of phosphoric acid groups is 1. The average Bonchev–Trinajstić information content (AvgIpc) is 3.14. The van der Waals surface area contributed by atoms with E-state index in [9.17, 15) is 14.2 Å². The predicted molar refractivity (Wildman–Crippen MR) is 225 cm³/mol. The standard InChI is InChI=1S/C45H75O8P/c1-3-5-7-9-11-13-15-17-19-21-22-24-26-28-30-32-34-36-38-40-45(47)53-43(42-52-54(48,49)50)41-51-44(46)39-37-35-33-31-29-27-25-23-20-18-16-14-12-10-8-6-4-2/h5,7,11,13,17,19,22,24-25,27-28,30-31,33,43H,3-4,6,8-10,12,14-16,18,20-21,23,26,29,32,34-42H2,1-2H3,(H2,48,49,50)/b7-5+,13-11+,19-17+,24-22+,27-25+,30-28+,33-31+/t43-/m1/s1. The quantitative estimate of drug-likeness (QED) is 0.0277. The van der Waals surface area contributed by atoms with Gasteiger partial charge in [0.05, 0.1) is 6.61 Å². The molecule has 0 spiro atoms. The Labute approximate surface area is 329 Å². The van der Waals surface area contributed by atoms with Crippen LogP contribution >= 0.6 is 7.82 Å². The molecule has 0 rings (SSSR count). The minimum absolute atomic E-state index is 0.160. The fourth-order valence-electron chi connectivity index (χ4n) is 5.32. The second-order valence-electron chi connectivity index (χ2n) is 13.6. The van der Waals surface area contributed by atoms with Gasteiger partial charge in [-0.05, 0) is 83.5 Å². The number of ether oxygens (including phenoxy) is 2. The Bertz CT molecular complexity index is 1140. The molecule has 0 fully saturated rings. The maximum absolute atomic E-state index is 12.4. The number of phosphoric ester groups is 1. The fourth-order valence-corrected chi connectivity index (χ4v) is 5.68. The Kier molecular flexibility index (Phi) is 37.9. The van der Waals surface area contributed by atoms with Crippen LogP contribution in [0.5, 0.6) is 0 Å². The summed E-state index contributed by atoms with van der Waals surface area (Å²) in [7, 11) is -4.78. The Hall–Kier alpha value is -2.77. The van der Waals surface area contributed by atoms with Crippen molar-refractivity contribution in [2.75, 3.05) is 13.2 Å². The second kappa shape index (κ2) is 39.9. The summed E-state index contributed by atoms with van der Waals surface area (Å²) in [6.07, 6.45) is 53.1. The minimum atomic E-state index is -4.78. The van der Waals surface area contributed by atoms with Crippen molar-refractivity contribution in [3.05, 3.63) is 85.1 Å². The lowest BCUT2D eigenvalue weighted by atomic mass is 10.1. The third kappa shape index (κ3) is 42.0. The van der Waals surface area contributed by atoms with Gasteiger partial charge >= 0.3 is 19.8 Å². The highest BCUT2D eigenvalue weighted by Gasteiger charge is 2.22. The lowest BCUT2D eigenvalue weighted by Gasteiger charge is -2.18. The Morgan fingerprint density at radius 1 is 0.500 bits per heavy atom. The Morgan fingerprint density at radius 2 is 0.907 bits per heavy atom. The molecule has 0 saturated carbocycles. The molecule has 0 radical (unpaired) electrons. The topological polar surface area (TPSA) is 119 Å². The van der Waals surface area contributed by atoms with Crippen molar-refractivity contribution in [3.8, 4) is 0 Å². The van der Waals surface area contributed by atoms with Gasteiger partial charge in [0.15, 0.2) is 6.10 Å². The Balaban J connectivity index is 4.08. The molecule has 0 heterocycles. The molecule has 0 aliphatic heterocycles. The zero-order chi connectivity index (χ0) is 39.6. The second-order valence-corrected chi connectivity index (χ2v) is 14.8. The van der Waals surface area contributed by atoms with Gasteiger partial charge in [-0.3, -0.25) is 14.1 Å². The summed E-state index contributed by atoms with van der Waals surface area (Å²) in [6.45, 7) is 3.50. The van der Waals surface area contributed by atoms with Gasteiger partial charge in [-0.15, -0.1) is 0 Å². The van der Waals surface area contributed by atoms with E-state index in [4.69, 9.17) is 19.3 Å². The van der Waals surface area contributed by atoms with Gasteiger partial charge in [0.1, 0.15) is 6.61 Å². The van der Waals surface area contributed by atoms with E-state index in [1.54, 1.807) is 0 Å². The van der Waals surface area contributed by atoms with Crippen LogP contribution in [0.25, 0.3) is 0 Å². The maximum atomic E-state index is 12.4. The van der Waals surface area contributed by atoms with E-state index in [2.05, 4.69) is 103 Å². The van der Waals surface area contributed by atoms with Crippen LogP contribution in [0.2, 0.25) is 0 Å². The molecule has 2 N–H and O–H groups in total. The fraction of sp³-hybridized carbons (Fsp3) is 0.644. The summed E-state index contributed by atoms with van der Waals surface area (Å²) in [5.41, 5.74) is 0. The molecule has 0 aromatic heterocycles. The van der Waals surface area contributed by atoms with E-state index >= 15 is 0 Å². The van der Waals surface area contributed by atoms with Gasteiger partial charge in [-0.25, -0.2) is 4.57 Å². The van der Waals surface area contributed by atoms with E-state index in [1.807, 2.05) is 0 Å². The van der Waals surface area contributed by atoms with Crippen LogP contribution in [0, 0.1) is 0 Å². The molecule has 0 aromatic rings. The molecule has 0 aromatic carbocycles. The van der Waals surface area contributed by atoms with Crippen LogP contribution in [0.3, 0.4) is 0 Å². The maximum Gasteiger partial charge on any atom is 0.469 e. The summed E-state index contributed by atoms with van der Waals surface area (Å²) in [4.78, 5) is 42.8. The van der Waals surface area contributed by atoms with Crippen LogP contribution in [0.1, 0.15) is 168 Å². The highest BCUT2D eigenvalue weighted by molar-refractivity contribution is 7.46. The Morgan fingerprint density at radius 3 is 1.39 bits per heavy atom. The number of carbonyl (C=O) groups excluding carboxylic acids is 2. The number of unbranched alkanes of at least 4 members (excludes halogenated alkanes) is 13. The molecule has 54 heavy (non-hydrogen) atoms. The summed E-state index contributed by atoms with van der Waals surface area (Å²) < 4.78 is 26.3. The molecule has 1 atom stereocenters. The molecule has 0 unspecified atom stereocenters. The molecular weight excluding hydrogens is 699 g/mol. The summed E-state index contributed by atoms with van der Waals surface area (Å²) in [6, 6.07) is 0. The lowest BCUT2D eigenvalue weighted by molar-refractivity contribution is -0.161. The number of hydrogen-bond acceptors (Lipinski definition) is 6. The number of hydrogen-bond donors (Lipinski definition) is 2. The van der Waals surface area contributed by atoms with Crippen LogP contribution in [0.15, 0.2) is 85.1 Å². The third-order valence-corrected chi connectivity index (χ3v) is 8.88. The lowest BCUT2D eigenvalue weighted by Crippen LogP contribution is -2.29. The average molecular weight is 775 g/mol. The number of carbonyl (C=O) groups is 2. The van der Waals surface area contributed by atoms with E-state index in [-0.39, 0.29) is 19.4 Å². The van der Waals surface area contributed by atoms with E-state index in [0.717, 1.165) is 70.6 Å². The monoisotopic (exact) mass is 775 g/mol. The highest BCUT2D eigenvalue weighted by atomic mass is 31.2. The van der Waals surface area contributed by atoms with Gasteiger partial charge in [0.25, 0.3) is 0 Å². The summed E-state index contributed by atoms with van der Waals surface area (Å²) in [5.74, 6) is -0.982. The molecule has 9 heteroatoms. The number of rotatable bonds is 37. The molecule has 0 aliphatic carbocycles. The predicted octanol–water partition coefficient (Wildman–Crippen LogP) is 12.8. The normalized spacial score (nSPS) is 13.3. The van der Waals surface area contributed by atoms with E-state index < -0.39 is 32.5 Å². The van der Waals surface area contributed by atoms with Crippen molar-refractivity contribution in [3.63, 3.8) is 0 Å². The molecule has 0 amide bonds. The molecule has 0 bridgehead atoms. The first-order valence-corrected chi connectivity index (χ1v) is 22.4. The first-order valence-electron chi connectivity index (χ1n) is 20.9. The van der Waals surface area contributed by atoms with Crippen molar-refractivity contribution >= 4 is 19.8 Å². The molecular formula is C45H75O8P. The van der Waals surface area contributed by atoms with Crippen molar-refractivity contribution < 1.29 is 37.9 Å². The minimum Gasteiger partial charge on any atom is -0.462 e. The van der Waals surface area contributed by atoms with E-state index in [1.165, 1.54) is 57.8 Å². The first kappa shape index (κ1) is 51.2. The highest BCUT2D eigenvalue weighted by Crippen LogP contribution is 2.36. The summed E-state index contributed by atoms with van der Waals surface area (Å²) >= 11 is 0. The third-order valence-electron chi connectivity index (χ3n) is 8.40. The molecule has 308 valence electrons. The van der Waals surface area contributed by atoms with Gasteiger partial charge in [-0.1, -0.05) is 157 Å². The van der Waals surface area contributed by atoms with Crippen LogP contribution < -0.4 is 0 Å². The first-order chi connectivity index (χ1) is 26.3. The van der Waals surface area contributed by atoms with E-state index in [0.29, 0.717) is 12.8 Å². The van der Waals surface area contributed by atoms with Crippen molar-refractivity contribution in [2.24, 2.45) is 0 Å². The zero-order valence-corrected chi connectivity index (χ0v) is 34.7. The SMILES string of the molecule is CC/C=C/C/C=C/C/C=C/C/C=C/C/C=C/CCCCCC(=O)O[C@H](COC(=O)CCC/C=C/C/C=C/CCCCCCCCCCC)COP(=O)(O)O. The summed E-state index contributed by atoms with van der Waals surface area (Å²) in [5, 5.41) is 0.